The zero-order chi connectivity index (χ0) is 44.5. The minimum Gasteiger partial charge on any atom is -0.453 e. The molecular weight excluding hydrogens is 807 g/mol. The highest BCUT2D eigenvalue weighted by Crippen LogP contribution is 2.55. The summed E-state index contributed by atoms with van der Waals surface area (Å²) in [5.41, 5.74) is 10.1. The lowest BCUT2D eigenvalue weighted by atomic mass is 9.77. The van der Waals surface area contributed by atoms with E-state index in [0.717, 1.165) is 83.8 Å². The molecule has 66 heavy (non-hydrogen) atoms. The van der Waals surface area contributed by atoms with Gasteiger partial charge in [0, 0.05) is 16.7 Å². The molecule has 0 amide bonds. The van der Waals surface area contributed by atoms with Crippen molar-refractivity contribution in [3.05, 3.63) is 294 Å². The van der Waals surface area contributed by atoms with Crippen molar-refractivity contribution in [2.45, 2.75) is 11.2 Å². The van der Waals surface area contributed by atoms with Gasteiger partial charge in [-0.3, -0.25) is 0 Å². The third-order valence-corrected chi connectivity index (χ3v) is 12.9. The van der Waals surface area contributed by atoms with Crippen LogP contribution in [0.5, 0.6) is 11.5 Å². The molecule has 11 rings (SSSR count). The molecule has 0 aromatic heterocycles. The number of rotatable bonds is 10. The number of nitrogens with zero attached hydrogens (tertiary/aromatic N) is 1. The van der Waals surface area contributed by atoms with Gasteiger partial charge in [-0.15, -0.1) is 0 Å². The van der Waals surface area contributed by atoms with Crippen LogP contribution >= 0.6 is 0 Å². The summed E-state index contributed by atoms with van der Waals surface area (Å²) in [4.78, 5) is 2.30. The fourth-order valence-corrected chi connectivity index (χ4v) is 9.70. The van der Waals surface area contributed by atoms with Crippen LogP contribution in [0.1, 0.15) is 33.4 Å². The van der Waals surface area contributed by atoms with Gasteiger partial charge in [0.05, 0.1) is 17.1 Å². The summed E-state index contributed by atoms with van der Waals surface area (Å²) in [6.07, 6.45) is 0. The van der Waals surface area contributed by atoms with Crippen molar-refractivity contribution >= 4 is 17.1 Å². The molecule has 4 heteroatoms. The molecule has 10 aromatic rings. The van der Waals surface area contributed by atoms with E-state index in [9.17, 15) is 10.2 Å². The van der Waals surface area contributed by atoms with E-state index in [-0.39, 0.29) is 0 Å². The highest BCUT2D eigenvalue weighted by atomic mass is 16.5. The van der Waals surface area contributed by atoms with E-state index >= 15 is 0 Å². The van der Waals surface area contributed by atoms with Crippen LogP contribution in [0.4, 0.5) is 17.1 Å². The predicted octanol–water partition coefficient (Wildman–Crippen LogP) is 14.8. The van der Waals surface area contributed by atoms with Crippen LogP contribution in [0, 0.1) is 0 Å². The lowest BCUT2D eigenvalue weighted by molar-refractivity contribution is 0.126. The van der Waals surface area contributed by atoms with Crippen LogP contribution in [0.2, 0.25) is 0 Å². The highest BCUT2D eigenvalue weighted by molar-refractivity contribution is 5.95. The molecule has 1 aliphatic heterocycles. The van der Waals surface area contributed by atoms with Crippen molar-refractivity contribution in [2.24, 2.45) is 0 Å². The Morgan fingerprint density at radius 2 is 0.621 bits per heavy atom. The van der Waals surface area contributed by atoms with Gasteiger partial charge in [0.2, 0.25) is 0 Å². The number of fused-ring (bicyclic) bond motifs is 2. The molecule has 0 unspecified atom stereocenters. The summed E-state index contributed by atoms with van der Waals surface area (Å²) in [5.74, 6) is 1.40. The summed E-state index contributed by atoms with van der Waals surface area (Å²) < 4.78 is 6.89. The molecule has 0 saturated heterocycles. The normalized spacial score (nSPS) is 12.2. The maximum absolute atomic E-state index is 13.1. The van der Waals surface area contributed by atoms with Crippen LogP contribution in [0.3, 0.4) is 0 Å². The van der Waals surface area contributed by atoms with Crippen LogP contribution in [0.15, 0.2) is 261 Å². The van der Waals surface area contributed by atoms with E-state index in [1.165, 1.54) is 0 Å². The second-order valence-electron chi connectivity index (χ2n) is 16.7. The Morgan fingerprint density at radius 1 is 0.288 bits per heavy atom. The maximum Gasteiger partial charge on any atom is 0.151 e. The summed E-state index contributed by atoms with van der Waals surface area (Å²) in [6, 6.07) is 87.3. The minimum absolute atomic E-state index is 0.698. The van der Waals surface area contributed by atoms with Crippen LogP contribution in [-0.4, -0.2) is 10.2 Å². The molecule has 0 bridgehead atoms. The average Bonchev–Trinajstić information content (AvgIpc) is 3.40. The van der Waals surface area contributed by atoms with E-state index in [4.69, 9.17) is 4.74 Å². The van der Waals surface area contributed by atoms with Gasteiger partial charge in [-0.2, -0.15) is 0 Å². The molecule has 0 spiro atoms. The van der Waals surface area contributed by atoms with Crippen molar-refractivity contribution in [3.63, 3.8) is 0 Å². The molecule has 2 N–H and O–H groups in total. The first-order valence-corrected chi connectivity index (χ1v) is 22.3. The Morgan fingerprint density at radius 3 is 1.03 bits per heavy atom. The summed E-state index contributed by atoms with van der Waals surface area (Å²) in [6.45, 7) is 0. The second kappa shape index (κ2) is 17.0. The van der Waals surface area contributed by atoms with Crippen LogP contribution in [0.25, 0.3) is 33.4 Å². The van der Waals surface area contributed by atoms with Gasteiger partial charge in [0.1, 0.15) is 11.2 Å². The van der Waals surface area contributed by atoms with Gasteiger partial charge >= 0.3 is 0 Å². The Bertz CT molecular complexity index is 3040. The number of para-hydroxylation sites is 1. The van der Waals surface area contributed by atoms with E-state index < -0.39 is 11.2 Å². The van der Waals surface area contributed by atoms with E-state index in [1.807, 2.05) is 176 Å². The molecule has 1 heterocycles. The SMILES string of the molecule is OC(c1ccccc1)(c1ccccc1)c1ccccc1-c1ccc2c(c1)N(c1ccccc1-c1ccccc1)c1cc(-c3ccccc3C(O)(c3ccccc3)c3ccccc3)ccc1O2. The molecule has 0 saturated carbocycles. The van der Waals surface area contributed by atoms with Crippen molar-refractivity contribution in [3.8, 4) is 44.9 Å². The summed E-state index contributed by atoms with van der Waals surface area (Å²) in [5, 5.41) is 26.3. The average molecular weight is 852 g/mol. The Balaban J connectivity index is 1.12. The lowest BCUT2D eigenvalue weighted by Gasteiger charge is -2.36. The molecule has 4 nitrogen and oxygen atoms in total. The van der Waals surface area contributed by atoms with Gasteiger partial charge in [-0.25, -0.2) is 0 Å². The molecule has 0 radical (unpaired) electrons. The Kier molecular flexibility index (Phi) is 10.4. The Hall–Kier alpha value is -8.28. The smallest absolute Gasteiger partial charge is 0.151 e. The van der Waals surface area contributed by atoms with Crippen LogP contribution in [-0.2, 0) is 11.2 Å². The first kappa shape index (κ1) is 40.5. The number of benzene rings is 10. The topological polar surface area (TPSA) is 52.9 Å². The molecule has 1 aliphatic rings. The first-order chi connectivity index (χ1) is 32.5. The highest BCUT2D eigenvalue weighted by Gasteiger charge is 2.38. The largest absolute Gasteiger partial charge is 0.453 e. The van der Waals surface area contributed by atoms with Crippen molar-refractivity contribution in [1.82, 2.24) is 0 Å². The van der Waals surface area contributed by atoms with Gasteiger partial charge in [-0.05, 0) is 80.4 Å². The van der Waals surface area contributed by atoms with E-state index in [0.29, 0.717) is 11.5 Å². The van der Waals surface area contributed by atoms with Gasteiger partial charge in [0.25, 0.3) is 0 Å². The lowest BCUT2D eigenvalue weighted by Crippen LogP contribution is -2.29. The number of anilines is 3. The molecule has 0 fully saturated rings. The first-order valence-electron chi connectivity index (χ1n) is 22.3. The van der Waals surface area contributed by atoms with Gasteiger partial charge < -0.3 is 19.8 Å². The van der Waals surface area contributed by atoms with Crippen molar-refractivity contribution in [1.29, 1.82) is 0 Å². The molecule has 0 aliphatic carbocycles. The van der Waals surface area contributed by atoms with Gasteiger partial charge in [-0.1, -0.05) is 231 Å². The minimum atomic E-state index is -1.46. The standard InChI is InChI=1S/C62H45NO3/c64-61(47-24-8-2-9-25-47,48-26-10-3-11-27-48)54-35-19-16-32-51(54)45-38-40-59-57(42-45)63(56-37-21-18-34-53(56)44-22-6-1-7-23-44)58-43-46(39-41-60(58)66-59)52-33-17-20-36-55(52)62(65,49-28-12-4-13-29-49)50-30-14-5-15-31-50/h1-43,64-65H. The number of aliphatic hydroxyl groups is 2. The van der Waals surface area contributed by atoms with Crippen molar-refractivity contribution in [2.75, 3.05) is 4.90 Å². The quantitative estimate of drug-likeness (QED) is 0.135. The van der Waals surface area contributed by atoms with E-state index in [2.05, 4.69) is 89.8 Å². The van der Waals surface area contributed by atoms with Gasteiger partial charge in [0.15, 0.2) is 11.5 Å². The Labute approximate surface area is 385 Å². The van der Waals surface area contributed by atoms with Crippen LogP contribution < -0.4 is 9.64 Å². The fraction of sp³-hybridized carbons (Fsp3) is 0.0323. The van der Waals surface area contributed by atoms with E-state index in [1.54, 1.807) is 0 Å². The summed E-state index contributed by atoms with van der Waals surface area (Å²) >= 11 is 0. The predicted molar refractivity (Wildman–Crippen MR) is 267 cm³/mol. The monoisotopic (exact) mass is 851 g/mol. The third-order valence-electron chi connectivity index (χ3n) is 12.9. The van der Waals surface area contributed by atoms with Crippen molar-refractivity contribution < 1.29 is 14.9 Å². The third kappa shape index (κ3) is 6.97. The number of hydrogen-bond donors (Lipinski definition) is 2. The maximum atomic E-state index is 13.1. The molecule has 0 atom stereocenters. The fourth-order valence-electron chi connectivity index (χ4n) is 9.70. The second-order valence-corrected chi connectivity index (χ2v) is 16.7. The number of ether oxygens (including phenoxy) is 1. The molecular formula is C62H45NO3. The zero-order valence-corrected chi connectivity index (χ0v) is 36.1. The zero-order valence-electron chi connectivity index (χ0n) is 36.1. The number of hydrogen-bond acceptors (Lipinski definition) is 4. The molecule has 316 valence electrons. The summed E-state index contributed by atoms with van der Waals surface area (Å²) in [7, 11) is 0. The molecule has 10 aromatic carbocycles.